The molecule has 0 atom stereocenters. The highest BCUT2D eigenvalue weighted by molar-refractivity contribution is 7.13. The molecule has 0 unspecified atom stereocenters. The van der Waals surface area contributed by atoms with Gasteiger partial charge in [0.2, 0.25) is 0 Å². The van der Waals surface area contributed by atoms with Crippen molar-refractivity contribution in [1.29, 1.82) is 0 Å². The van der Waals surface area contributed by atoms with Gasteiger partial charge in [-0.3, -0.25) is 4.79 Å². The molecule has 0 saturated heterocycles. The minimum atomic E-state index is -0.133. The number of benzene rings is 2. The van der Waals surface area contributed by atoms with Crippen LogP contribution >= 0.6 is 11.3 Å². The number of aromatic nitrogens is 1. The summed E-state index contributed by atoms with van der Waals surface area (Å²) >= 11 is 1.52. The Bertz CT molecular complexity index is 849. The number of nitrogens with zero attached hydrogens (tertiary/aromatic N) is 1. The van der Waals surface area contributed by atoms with Crippen molar-refractivity contribution >= 4 is 33.8 Å². The fourth-order valence-corrected chi connectivity index (χ4v) is 2.95. The Hall–Kier alpha value is -2.66. The molecule has 1 aromatic heterocycles. The molecule has 5 heteroatoms. The highest BCUT2D eigenvalue weighted by Gasteiger charge is 2.13. The van der Waals surface area contributed by atoms with Crippen LogP contribution in [0.5, 0.6) is 0 Å². The summed E-state index contributed by atoms with van der Waals surface area (Å²) in [5.74, 6) is -0.133. The van der Waals surface area contributed by atoms with Gasteiger partial charge in [-0.05, 0) is 41.3 Å². The fraction of sp³-hybridized carbons (Fsp3) is 0.200. The Morgan fingerprint density at radius 1 is 1.04 bits per heavy atom. The summed E-state index contributed by atoms with van der Waals surface area (Å²) in [6, 6.07) is 15.4. The molecule has 0 saturated carbocycles. The van der Waals surface area contributed by atoms with Crippen LogP contribution in [0.25, 0.3) is 0 Å². The summed E-state index contributed by atoms with van der Waals surface area (Å²) < 4.78 is 0. The second-order valence-corrected chi connectivity index (χ2v) is 7.72. The Balaban J connectivity index is 1.71. The third kappa shape index (κ3) is 4.45. The maximum atomic E-state index is 12.5. The fourth-order valence-electron chi connectivity index (χ4n) is 2.40. The van der Waals surface area contributed by atoms with Crippen LogP contribution in [0.1, 0.15) is 36.7 Å². The van der Waals surface area contributed by atoms with Crippen LogP contribution in [0.15, 0.2) is 60.1 Å². The third-order valence-electron chi connectivity index (χ3n) is 3.82. The van der Waals surface area contributed by atoms with E-state index in [1.807, 2.05) is 35.7 Å². The molecular formula is C20H21N3OS. The minimum absolute atomic E-state index is 0.0956. The number of hydrogen-bond acceptors (Lipinski definition) is 4. The second-order valence-electron chi connectivity index (χ2n) is 6.82. The summed E-state index contributed by atoms with van der Waals surface area (Å²) in [5, 5.41) is 8.84. The lowest BCUT2D eigenvalue weighted by Gasteiger charge is -2.19. The van der Waals surface area contributed by atoms with Crippen molar-refractivity contribution in [2.45, 2.75) is 26.2 Å². The van der Waals surface area contributed by atoms with E-state index in [1.165, 1.54) is 16.9 Å². The van der Waals surface area contributed by atoms with Crippen LogP contribution < -0.4 is 10.6 Å². The average Bonchev–Trinajstić information content (AvgIpc) is 3.08. The summed E-state index contributed by atoms with van der Waals surface area (Å²) in [5.41, 5.74) is 3.56. The van der Waals surface area contributed by atoms with Crippen molar-refractivity contribution in [2.75, 3.05) is 10.6 Å². The van der Waals surface area contributed by atoms with Crippen molar-refractivity contribution in [3.8, 4) is 0 Å². The van der Waals surface area contributed by atoms with Gasteiger partial charge < -0.3 is 10.6 Å². The third-order valence-corrected chi connectivity index (χ3v) is 4.51. The lowest BCUT2D eigenvalue weighted by atomic mass is 9.87. The van der Waals surface area contributed by atoms with Crippen molar-refractivity contribution in [3.63, 3.8) is 0 Å². The van der Waals surface area contributed by atoms with Gasteiger partial charge in [0.1, 0.15) is 0 Å². The number of carbonyl (C=O) groups excluding carboxylic acids is 1. The molecule has 0 aliphatic rings. The molecule has 25 heavy (non-hydrogen) atoms. The first kappa shape index (κ1) is 17.2. The van der Waals surface area contributed by atoms with Gasteiger partial charge in [-0.15, -0.1) is 11.3 Å². The molecule has 0 aliphatic carbocycles. The molecule has 3 rings (SSSR count). The number of anilines is 3. The van der Waals surface area contributed by atoms with Crippen LogP contribution in [0, 0.1) is 0 Å². The highest BCUT2D eigenvalue weighted by Crippen LogP contribution is 2.24. The van der Waals surface area contributed by atoms with E-state index in [9.17, 15) is 4.79 Å². The molecule has 128 valence electrons. The minimum Gasteiger partial charge on any atom is -0.332 e. The first-order valence-electron chi connectivity index (χ1n) is 8.10. The first-order chi connectivity index (χ1) is 11.9. The van der Waals surface area contributed by atoms with Gasteiger partial charge in [0.25, 0.3) is 5.91 Å². The number of nitrogens with one attached hydrogen (secondary N) is 2. The Labute approximate surface area is 151 Å². The van der Waals surface area contributed by atoms with Gasteiger partial charge in [-0.2, -0.15) is 0 Å². The standard InChI is InChI=1S/C20H21N3OS/c1-20(2,3)15-7-9-16(10-8-15)22-18(24)14-5-4-6-17(13-14)23-19-21-11-12-25-19/h4-13H,1-3H3,(H,21,23)(H,22,24). The van der Waals surface area contributed by atoms with Gasteiger partial charge in [0.05, 0.1) is 0 Å². The van der Waals surface area contributed by atoms with E-state index in [4.69, 9.17) is 0 Å². The molecule has 0 radical (unpaired) electrons. The van der Waals surface area contributed by atoms with Gasteiger partial charge in [-0.1, -0.05) is 39.0 Å². The van der Waals surface area contributed by atoms with Crippen LogP contribution in [0.2, 0.25) is 0 Å². The molecule has 2 N–H and O–H groups in total. The topological polar surface area (TPSA) is 54.0 Å². The van der Waals surface area contributed by atoms with E-state index in [2.05, 4.69) is 48.5 Å². The smallest absolute Gasteiger partial charge is 0.255 e. The SMILES string of the molecule is CC(C)(C)c1ccc(NC(=O)c2cccc(Nc3nccs3)c2)cc1. The number of amides is 1. The van der Waals surface area contributed by atoms with Gasteiger partial charge in [-0.25, -0.2) is 4.98 Å². The van der Waals surface area contributed by atoms with E-state index in [1.54, 1.807) is 12.3 Å². The zero-order valence-corrected chi connectivity index (χ0v) is 15.4. The average molecular weight is 351 g/mol. The summed E-state index contributed by atoms with van der Waals surface area (Å²) in [7, 11) is 0. The monoisotopic (exact) mass is 351 g/mol. The zero-order valence-electron chi connectivity index (χ0n) is 14.5. The van der Waals surface area contributed by atoms with Crippen LogP contribution in [-0.4, -0.2) is 10.9 Å². The highest BCUT2D eigenvalue weighted by atomic mass is 32.1. The van der Waals surface area contributed by atoms with E-state index in [0.29, 0.717) is 5.56 Å². The Morgan fingerprint density at radius 2 is 1.80 bits per heavy atom. The molecule has 1 amide bonds. The Kier molecular flexibility index (Phi) is 4.86. The van der Waals surface area contributed by atoms with E-state index >= 15 is 0 Å². The number of carbonyl (C=O) groups is 1. The largest absolute Gasteiger partial charge is 0.332 e. The number of hydrogen-bond donors (Lipinski definition) is 2. The molecule has 1 heterocycles. The Morgan fingerprint density at radius 3 is 2.44 bits per heavy atom. The normalized spacial score (nSPS) is 11.2. The molecule has 3 aromatic rings. The van der Waals surface area contributed by atoms with Gasteiger partial charge in [0, 0.05) is 28.5 Å². The molecule has 0 aliphatic heterocycles. The van der Waals surface area contributed by atoms with Crippen molar-refractivity contribution in [3.05, 3.63) is 71.2 Å². The maximum absolute atomic E-state index is 12.5. The number of rotatable bonds is 4. The maximum Gasteiger partial charge on any atom is 0.255 e. The molecule has 0 spiro atoms. The quantitative estimate of drug-likeness (QED) is 0.658. The van der Waals surface area contributed by atoms with Crippen molar-refractivity contribution < 1.29 is 4.79 Å². The summed E-state index contributed by atoms with van der Waals surface area (Å²) in [6.07, 6.45) is 1.74. The molecule has 4 nitrogen and oxygen atoms in total. The van der Waals surface area contributed by atoms with Crippen molar-refractivity contribution in [2.24, 2.45) is 0 Å². The van der Waals surface area contributed by atoms with Gasteiger partial charge >= 0.3 is 0 Å². The predicted octanol–water partition coefficient (Wildman–Crippen LogP) is 5.44. The predicted molar refractivity (Wildman–Crippen MR) is 105 cm³/mol. The van der Waals surface area contributed by atoms with Crippen LogP contribution in [0.3, 0.4) is 0 Å². The summed E-state index contributed by atoms with van der Waals surface area (Å²) in [6.45, 7) is 6.50. The van der Waals surface area contributed by atoms with E-state index in [0.717, 1.165) is 16.5 Å². The second kappa shape index (κ2) is 7.07. The first-order valence-corrected chi connectivity index (χ1v) is 8.98. The van der Waals surface area contributed by atoms with E-state index < -0.39 is 0 Å². The lowest BCUT2D eigenvalue weighted by Crippen LogP contribution is -2.13. The van der Waals surface area contributed by atoms with Crippen LogP contribution in [0.4, 0.5) is 16.5 Å². The molecule has 2 aromatic carbocycles. The summed E-state index contributed by atoms with van der Waals surface area (Å²) in [4.78, 5) is 16.7. The number of thiazole rings is 1. The van der Waals surface area contributed by atoms with Crippen LogP contribution in [-0.2, 0) is 5.41 Å². The molecule has 0 fully saturated rings. The van der Waals surface area contributed by atoms with E-state index in [-0.39, 0.29) is 11.3 Å². The van der Waals surface area contributed by atoms with Crippen molar-refractivity contribution in [1.82, 2.24) is 4.98 Å². The molecule has 0 bridgehead atoms. The molecular weight excluding hydrogens is 330 g/mol. The van der Waals surface area contributed by atoms with Gasteiger partial charge in [0.15, 0.2) is 5.13 Å². The zero-order chi connectivity index (χ0) is 17.9. The lowest BCUT2D eigenvalue weighted by molar-refractivity contribution is 0.102.